The van der Waals surface area contributed by atoms with E-state index < -0.39 is 17.2 Å². The number of nitrogens with one attached hydrogen (secondary N) is 1. The maximum absolute atomic E-state index is 13.8. The van der Waals surface area contributed by atoms with Crippen LogP contribution in [0.1, 0.15) is 11.3 Å². The maximum Gasteiger partial charge on any atom is 0.265 e. The molecule has 1 aromatic carbocycles. The van der Waals surface area contributed by atoms with Crippen molar-refractivity contribution in [3.63, 3.8) is 0 Å². The Morgan fingerprint density at radius 2 is 1.94 bits per heavy atom. The number of pyridine rings is 1. The average Bonchev–Trinajstić information content (AvgIpc) is 2.73. The number of anilines is 2. The Morgan fingerprint density at radius 3 is 2.68 bits per heavy atom. The maximum atomic E-state index is 13.8. The van der Waals surface area contributed by atoms with Gasteiger partial charge in [-0.15, -0.1) is 0 Å². The number of halogens is 2. The summed E-state index contributed by atoms with van der Waals surface area (Å²) < 4.78 is 29.0. The van der Waals surface area contributed by atoms with E-state index in [-0.39, 0.29) is 41.3 Å². The molecule has 0 amide bonds. The first-order valence-electron chi connectivity index (χ1n) is 9.19. The molecule has 8 nitrogen and oxygen atoms in total. The van der Waals surface area contributed by atoms with E-state index in [4.69, 9.17) is 5.73 Å². The fourth-order valence-electron chi connectivity index (χ4n) is 3.25. The highest BCUT2D eigenvalue weighted by atomic mass is 19.1. The van der Waals surface area contributed by atoms with Gasteiger partial charge in [0.05, 0.1) is 11.3 Å². The van der Waals surface area contributed by atoms with Gasteiger partial charge in [-0.25, -0.2) is 23.7 Å². The summed E-state index contributed by atoms with van der Waals surface area (Å²) in [6.07, 6.45) is 2.97. The zero-order chi connectivity index (χ0) is 22.0. The molecule has 31 heavy (non-hydrogen) atoms. The Bertz CT molecular complexity index is 1370. The molecule has 0 aliphatic heterocycles. The predicted octanol–water partition coefficient (Wildman–Crippen LogP) is 2.54. The first-order chi connectivity index (χ1) is 15.0. The molecule has 0 spiro atoms. The molecule has 0 atom stereocenters. The van der Waals surface area contributed by atoms with Crippen LogP contribution in [0.2, 0.25) is 0 Å². The Balaban J connectivity index is 1.76. The van der Waals surface area contributed by atoms with Crippen molar-refractivity contribution in [1.29, 1.82) is 5.26 Å². The molecule has 0 saturated carbocycles. The number of hydrogen-bond donors (Lipinski definition) is 2. The van der Waals surface area contributed by atoms with Crippen LogP contribution in [0.25, 0.3) is 16.8 Å². The molecule has 3 N–H and O–H groups in total. The molecule has 4 aromatic rings. The molecule has 0 fully saturated rings. The van der Waals surface area contributed by atoms with Gasteiger partial charge in [0.2, 0.25) is 0 Å². The predicted molar refractivity (Wildman–Crippen MR) is 110 cm³/mol. The van der Waals surface area contributed by atoms with Crippen LogP contribution in [0.4, 0.5) is 20.4 Å². The summed E-state index contributed by atoms with van der Waals surface area (Å²) in [5, 5.41) is 12.2. The van der Waals surface area contributed by atoms with Crippen LogP contribution in [0.3, 0.4) is 0 Å². The van der Waals surface area contributed by atoms with Crippen molar-refractivity contribution >= 4 is 17.3 Å². The van der Waals surface area contributed by atoms with Crippen LogP contribution in [-0.4, -0.2) is 25.9 Å². The molecule has 4 rings (SSSR count). The lowest BCUT2D eigenvalue weighted by atomic mass is 10.0. The van der Waals surface area contributed by atoms with Gasteiger partial charge in [-0.2, -0.15) is 5.26 Å². The number of aromatic nitrogens is 4. The SMILES string of the molecule is N#Cc1c(N)ncnc1NCCc1nc2ccccn2c(=O)c1-c1cc(F)cc(F)c1. The molecule has 3 aromatic heterocycles. The molecular weight excluding hydrogens is 404 g/mol. The molecule has 154 valence electrons. The van der Waals surface area contributed by atoms with Gasteiger partial charge < -0.3 is 11.1 Å². The summed E-state index contributed by atoms with van der Waals surface area (Å²) >= 11 is 0. The van der Waals surface area contributed by atoms with Crippen molar-refractivity contribution in [3.8, 4) is 17.2 Å². The van der Waals surface area contributed by atoms with E-state index in [1.807, 2.05) is 6.07 Å². The first-order valence-corrected chi connectivity index (χ1v) is 9.19. The first kappa shape index (κ1) is 19.9. The second-order valence-electron chi connectivity index (χ2n) is 6.60. The third-order valence-electron chi connectivity index (χ3n) is 4.60. The third-order valence-corrected chi connectivity index (χ3v) is 4.60. The Labute approximate surface area is 174 Å². The van der Waals surface area contributed by atoms with Crippen LogP contribution < -0.4 is 16.6 Å². The number of nitrogens with two attached hydrogens (primary N) is 1. The Morgan fingerprint density at radius 1 is 1.16 bits per heavy atom. The topological polar surface area (TPSA) is 122 Å². The zero-order valence-corrected chi connectivity index (χ0v) is 16.0. The largest absolute Gasteiger partial charge is 0.382 e. The van der Waals surface area contributed by atoms with Crippen molar-refractivity contribution in [2.75, 3.05) is 17.6 Å². The highest BCUT2D eigenvalue weighted by Gasteiger charge is 2.17. The second-order valence-corrected chi connectivity index (χ2v) is 6.60. The van der Waals surface area contributed by atoms with Gasteiger partial charge in [0.25, 0.3) is 5.56 Å². The number of fused-ring (bicyclic) bond motifs is 1. The number of hydrogen-bond acceptors (Lipinski definition) is 7. The smallest absolute Gasteiger partial charge is 0.265 e. The summed E-state index contributed by atoms with van der Waals surface area (Å²) in [4.78, 5) is 25.4. The van der Waals surface area contributed by atoms with Gasteiger partial charge in [0, 0.05) is 25.2 Å². The summed E-state index contributed by atoms with van der Waals surface area (Å²) in [7, 11) is 0. The average molecular weight is 419 g/mol. The molecule has 0 aliphatic rings. The monoisotopic (exact) mass is 419 g/mol. The van der Waals surface area contributed by atoms with Crippen molar-refractivity contribution in [3.05, 3.63) is 82.2 Å². The third kappa shape index (κ3) is 3.89. The molecule has 0 unspecified atom stereocenters. The van der Waals surface area contributed by atoms with E-state index in [9.17, 15) is 18.8 Å². The molecule has 10 heteroatoms. The summed E-state index contributed by atoms with van der Waals surface area (Å²) in [5.41, 5.74) is 6.25. The second kappa shape index (κ2) is 8.16. The van der Waals surface area contributed by atoms with E-state index >= 15 is 0 Å². The Hall–Kier alpha value is -4.39. The number of rotatable bonds is 5. The van der Waals surface area contributed by atoms with Crippen molar-refractivity contribution in [1.82, 2.24) is 19.4 Å². The highest BCUT2D eigenvalue weighted by molar-refractivity contribution is 5.67. The van der Waals surface area contributed by atoms with Gasteiger partial charge in [0.1, 0.15) is 46.9 Å². The van der Waals surface area contributed by atoms with Gasteiger partial charge in [-0.3, -0.25) is 9.20 Å². The number of nitrogens with zero attached hydrogens (tertiary/aromatic N) is 5. The van der Waals surface area contributed by atoms with E-state index in [1.165, 1.54) is 16.9 Å². The van der Waals surface area contributed by atoms with Crippen LogP contribution >= 0.6 is 0 Å². The van der Waals surface area contributed by atoms with Crippen molar-refractivity contribution < 1.29 is 8.78 Å². The van der Waals surface area contributed by atoms with Crippen molar-refractivity contribution in [2.24, 2.45) is 0 Å². The molecule has 0 radical (unpaired) electrons. The van der Waals surface area contributed by atoms with E-state index in [1.54, 1.807) is 18.2 Å². The lowest BCUT2D eigenvalue weighted by molar-refractivity contribution is 0.584. The molecule has 0 bridgehead atoms. The lowest BCUT2D eigenvalue weighted by Crippen LogP contribution is -2.21. The van der Waals surface area contributed by atoms with E-state index in [0.29, 0.717) is 11.3 Å². The minimum Gasteiger partial charge on any atom is -0.382 e. The summed E-state index contributed by atoms with van der Waals surface area (Å²) in [6.45, 7) is 0.228. The van der Waals surface area contributed by atoms with Gasteiger partial charge in [0.15, 0.2) is 0 Å². The van der Waals surface area contributed by atoms with Gasteiger partial charge in [-0.1, -0.05) is 6.07 Å². The molecular formula is C21H15F2N7O. The molecule has 3 heterocycles. The molecule has 0 saturated heterocycles. The normalized spacial score (nSPS) is 10.7. The summed E-state index contributed by atoms with van der Waals surface area (Å²) in [6, 6.07) is 9.90. The van der Waals surface area contributed by atoms with E-state index in [0.717, 1.165) is 18.2 Å². The zero-order valence-electron chi connectivity index (χ0n) is 16.0. The highest BCUT2D eigenvalue weighted by Crippen LogP contribution is 2.23. The van der Waals surface area contributed by atoms with E-state index in [2.05, 4.69) is 20.3 Å². The fraction of sp³-hybridized carbons (Fsp3) is 0.0952. The minimum absolute atomic E-state index is 0.0398. The van der Waals surface area contributed by atoms with Crippen LogP contribution in [0.15, 0.2) is 53.7 Å². The minimum atomic E-state index is -0.799. The fourth-order valence-corrected chi connectivity index (χ4v) is 3.25. The molecule has 0 aliphatic carbocycles. The van der Waals surface area contributed by atoms with Crippen LogP contribution in [-0.2, 0) is 6.42 Å². The number of benzene rings is 1. The lowest BCUT2D eigenvalue weighted by Gasteiger charge is -2.13. The van der Waals surface area contributed by atoms with Crippen LogP contribution in [0, 0.1) is 23.0 Å². The Kier molecular flexibility index (Phi) is 5.24. The number of nitriles is 1. The quantitative estimate of drug-likeness (QED) is 0.510. The number of nitrogen functional groups attached to an aromatic ring is 1. The summed E-state index contributed by atoms with van der Waals surface area (Å²) in [5.74, 6) is -1.32. The van der Waals surface area contributed by atoms with Gasteiger partial charge >= 0.3 is 0 Å². The standard InChI is InChI=1S/C21H15F2N7O/c22-13-7-12(8-14(23)9-13)18-16(29-17-3-1-2-6-30(17)21(18)31)4-5-26-20-15(10-24)19(25)27-11-28-20/h1-3,6-9,11H,4-5H2,(H3,25,26,27,28). The van der Waals surface area contributed by atoms with Gasteiger partial charge in [-0.05, 0) is 29.8 Å². The van der Waals surface area contributed by atoms with Crippen molar-refractivity contribution in [2.45, 2.75) is 6.42 Å². The van der Waals surface area contributed by atoms with Crippen LogP contribution in [0.5, 0.6) is 0 Å².